The third-order valence-electron chi connectivity index (χ3n) is 3.74. The molecule has 1 heterocycles. The average molecular weight is 268 g/mol. The van der Waals surface area contributed by atoms with Gasteiger partial charge < -0.3 is 4.43 Å². The first-order valence-corrected chi connectivity index (χ1v) is 8.97. The third-order valence-corrected chi connectivity index (χ3v) is 6.25. The molecule has 1 aromatic heterocycles. The lowest BCUT2D eigenvalue weighted by atomic mass is 9.79. The van der Waals surface area contributed by atoms with Crippen LogP contribution in [0.4, 0.5) is 0 Å². The molecule has 2 rings (SSSR count). The fourth-order valence-corrected chi connectivity index (χ4v) is 5.43. The lowest BCUT2D eigenvalue weighted by Crippen LogP contribution is -2.28. The summed E-state index contributed by atoms with van der Waals surface area (Å²) >= 11 is 1.85. The van der Waals surface area contributed by atoms with E-state index in [2.05, 4.69) is 31.4 Å². The molecule has 0 unspecified atom stereocenters. The van der Waals surface area contributed by atoms with Crippen molar-refractivity contribution in [1.29, 1.82) is 0 Å². The Labute approximate surface area is 112 Å². The molecule has 1 fully saturated rings. The molecular weight excluding hydrogens is 244 g/mol. The van der Waals surface area contributed by atoms with E-state index in [-0.39, 0.29) is 0 Å². The van der Waals surface area contributed by atoms with Gasteiger partial charge in [0.15, 0.2) is 0 Å². The molecule has 0 aromatic carbocycles. The van der Waals surface area contributed by atoms with Crippen molar-refractivity contribution >= 4 is 25.6 Å². The van der Waals surface area contributed by atoms with Gasteiger partial charge in [0.05, 0.1) is 0 Å². The summed E-state index contributed by atoms with van der Waals surface area (Å²) in [5.74, 6) is 0.806. The van der Waals surface area contributed by atoms with Gasteiger partial charge in [-0.15, -0.1) is 0 Å². The summed E-state index contributed by atoms with van der Waals surface area (Å²) < 4.78 is 7.60. The Kier molecular flexibility index (Phi) is 4.83. The van der Waals surface area contributed by atoms with E-state index in [4.69, 9.17) is 4.43 Å². The number of rotatable bonds is 6. The second-order valence-electron chi connectivity index (χ2n) is 5.88. The summed E-state index contributed by atoms with van der Waals surface area (Å²) in [5.41, 5.74) is 0.526. The van der Waals surface area contributed by atoms with Crippen LogP contribution in [-0.2, 0) is 4.43 Å². The highest BCUT2D eigenvalue weighted by atomic mass is 32.1. The van der Waals surface area contributed by atoms with Crippen LogP contribution in [0.5, 0.6) is 0 Å². The van der Waals surface area contributed by atoms with E-state index >= 15 is 0 Å². The van der Waals surface area contributed by atoms with Crippen molar-refractivity contribution < 1.29 is 4.43 Å². The minimum absolute atomic E-state index is 0.455. The van der Waals surface area contributed by atoms with Gasteiger partial charge in [-0.3, -0.25) is 0 Å². The lowest BCUT2D eigenvalue weighted by Gasteiger charge is -2.30. The van der Waals surface area contributed by atoms with Crippen LogP contribution < -0.4 is 4.50 Å². The van der Waals surface area contributed by atoms with Crippen LogP contribution in [0, 0.1) is 11.3 Å². The van der Waals surface area contributed by atoms with E-state index < -0.39 is 9.76 Å². The highest BCUT2D eigenvalue weighted by molar-refractivity contribution is 7.19. The Morgan fingerprint density at radius 1 is 1.41 bits per heavy atom. The molecule has 17 heavy (non-hydrogen) atoms. The van der Waals surface area contributed by atoms with Gasteiger partial charge >= 0.3 is 0 Å². The van der Waals surface area contributed by atoms with Gasteiger partial charge in [-0.2, -0.15) is 11.3 Å². The molecule has 1 aliphatic rings. The summed E-state index contributed by atoms with van der Waals surface area (Å²) in [6, 6.07) is 4.36. The van der Waals surface area contributed by atoms with E-state index in [0.717, 1.165) is 12.5 Å². The normalized spacial score (nSPS) is 19.7. The molecule has 0 aliphatic heterocycles. The first kappa shape index (κ1) is 13.3. The van der Waals surface area contributed by atoms with Crippen molar-refractivity contribution in [1.82, 2.24) is 0 Å². The highest BCUT2D eigenvalue weighted by Crippen LogP contribution is 2.43. The molecule has 0 radical (unpaired) electrons. The summed E-state index contributed by atoms with van der Waals surface area (Å²) in [5, 5.41) is 2.16. The van der Waals surface area contributed by atoms with E-state index in [1.165, 1.54) is 36.6 Å². The van der Waals surface area contributed by atoms with Gasteiger partial charge in [-0.05, 0) is 36.0 Å². The first-order valence-electron chi connectivity index (χ1n) is 6.80. The summed E-state index contributed by atoms with van der Waals surface area (Å²) in [6.45, 7) is 5.71. The Hall–Kier alpha value is -0.123. The summed E-state index contributed by atoms with van der Waals surface area (Å²) in [6.07, 6.45) is 6.97. The van der Waals surface area contributed by atoms with Crippen LogP contribution in [-0.4, -0.2) is 16.4 Å². The number of hydrogen-bond acceptors (Lipinski definition) is 2. The van der Waals surface area contributed by atoms with E-state index in [1.807, 2.05) is 11.3 Å². The van der Waals surface area contributed by atoms with Gasteiger partial charge in [-0.25, -0.2) is 0 Å². The van der Waals surface area contributed by atoms with Crippen molar-refractivity contribution in [2.45, 2.75) is 46.0 Å². The van der Waals surface area contributed by atoms with Crippen molar-refractivity contribution in [3.8, 4) is 0 Å². The van der Waals surface area contributed by atoms with Crippen LogP contribution in [0.25, 0.3) is 0 Å². The fraction of sp³-hybridized carbons (Fsp3) is 0.714. The number of thiophene rings is 1. The molecule has 0 N–H and O–H groups in total. The number of hydrogen-bond donors (Lipinski definition) is 0. The van der Waals surface area contributed by atoms with Crippen molar-refractivity contribution in [3.05, 3.63) is 17.5 Å². The maximum Gasteiger partial charge on any atom is 0.202 e. The molecule has 1 nitrogen and oxygen atoms in total. The smallest absolute Gasteiger partial charge is 0.202 e. The standard InChI is InChI=1S/C14H24OSSi/c1-12(2)10-14(7-3-4-8-14)11-15-17-13-6-5-9-16-13/h5-6,9,12H,3-4,7-8,10-11,17H2,1-2H3. The molecule has 1 aromatic rings. The minimum atomic E-state index is -0.455. The predicted molar refractivity (Wildman–Crippen MR) is 78.8 cm³/mol. The summed E-state index contributed by atoms with van der Waals surface area (Å²) in [4.78, 5) is 0. The highest BCUT2D eigenvalue weighted by Gasteiger charge is 2.34. The van der Waals surface area contributed by atoms with Crippen LogP contribution >= 0.6 is 11.3 Å². The fourth-order valence-electron chi connectivity index (χ4n) is 3.16. The molecule has 1 aliphatic carbocycles. The second-order valence-corrected chi connectivity index (χ2v) is 8.88. The molecule has 0 spiro atoms. The molecular formula is C14H24OSSi. The zero-order valence-corrected chi connectivity index (χ0v) is 13.3. The van der Waals surface area contributed by atoms with E-state index in [0.29, 0.717) is 5.41 Å². The molecule has 0 bridgehead atoms. The quantitative estimate of drug-likeness (QED) is 0.721. The van der Waals surface area contributed by atoms with Crippen LogP contribution in [0.3, 0.4) is 0 Å². The third kappa shape index (κ3) is 3.93. The molecule has 96 valence electrons. The Morgan fingerprint density at radius 2 is 2.18 bits per heavy atom. The predicted octanol–water partition coefficient (Wildman–Crippen LogP) is 3.08. The zero-order chi connectivity index (χ0) is 12.1. The molecule has 0 amide bonds. The first-order chi connectivity index (χ1) is 8.20. The van der Waals surface area contributed by atoms with Crippen LogP contribution in [0.2, 0.25) is 0 Å². The zero-order valence-electron chi connectivity index (χ0n) is 11.1. The van der Waals surface area contributed by atoms with Gasteiger partial charge in [-0.1, -0.05) is 38.8 Å². The van der Waals surface area contributed by atoms with Gasteiger partial charge in [0, 0.05) is 11.1 Å². The van der Waals surface area contributed by atoms with Crippen molar-refractivity contribution in [2.24, 2.45) is 11.3 Å². The molecule has 3 heteroatoms. The van der Waals surface area contributed by atoms with E-state index in [9.17, 15) is 0 Å². The largest absolute Gasteiger partial charge is 0.417 e. The molecule has 0 saturated heterocycles. The maximum absolute atomic E-state index is 6.12. The average Bonchev–Trinajstić information content (AvgIpc) is 2.89. The summed E-state index contributed by atoms with van der Waals surface area (Å²) in [7, 11) is -0.455. The second kappa shape index (κ2) is 6.16. The monoisotopic (exact) mass is 268 g/mol. The van der Waals surface area contributed by atoms with Crippen molar-refractivity contribution in [2.75, 3.05) is 6.61 Å². The van der Waals surface area contributed by atoms with Crippen LogP contribution in [0.15, 0.2) is 17.5 Å². The minimum Gasteiger partial charge on any atom is -0.417 e. The molecule has 1 saturated carbocycles. The van der Waals surface area contributed by atoms with Crippen molar-refractivity contribution in [3.63, 3.8) is 0 Å². The van der Waals surface area contributed by atoms with Crippen LogP contribution in [0.1, 0.15) is 46.0 Å². The molecule has 0 atom stereocenters. The Bertz CT molecular complexity index is 315. The van der Waals surface area contributed by atoms with Gasteiger partial charge in [0.25, 0.3) is 0 Å². The SMILES string of the molecule is CC(C)CC1(CO[SiH2]c2cccs2)CCCC1. The Morgan fingerprint density at radius 3 is 2.76 bits per heavy atom. The van der Waals surface area contributed by atoms with Gasteiger partial charge in [0.2, 0.25) is 9.76 Å². The Balaban J connectivity index is 1.81. The van der Waals surface area contributed by atoms with E-state index in [1.54, 1.807) is 0 Å². The topological polar surface area (TPSA) is 9.23 Å². The maximum atomic E-state index is 6.12. The lowest BCUT2D eigenvalue weighted by molar-refractivity contribution is 0.128. The van der Waals surface area contributed by atoms with Gasteiger partial charge in [0.1, 0.15) is 0 Å².